The van der Waals surface area contributed by atoms with E-state index in [1.165, 1.54) is 22.8 Å². The zero-order chi connectivity index (χ0) is 13.1. The zero-order valence-electron chi connectivity index (χ0n) is 11.2. The number of unbranched alkanes of at least 4 members (excludes halogenated alkanes) is 1. The number of nitrogens with zero attached hydrogens (tertiary/aromatic N) is 3. The van der Waals surface area contributed by atoms with Crippen LogP contribution in [0.2, 0.25) is 0 Å². The SMILES string of the molecule is [CH2]CCCN1CCN(c2nc3ccccc3s2)CC1. The molecule has 2 aromatic rings. The molecule has 0 unspecified atom stereocenters. The second-order valence-corrected chi connectivity index (χ2v) is 6.01. The third kappa shape index (κ3) is 2.90. The molecule has 0 spiro atoms. The summed E-state index contributed by atoms with van der Waals surface area (Å²) in [4.78, 5) is 9.70. The predicted octanol–water partition coefficient (Wildman–Crippen LogP) is 3.03. The van der Waals surface area contributed by atoms with Crippen LogP contribution >= 0.6 is 11.3 Å². The first-order valence-corrected chi connectivity index (χ1v) is 7.80. The van der Waals surface area contributed by atoms with Crippen molar-refractivity contribution in [3.05, 3.63) is 31.2 Å². The molecule has 2 heterocycles. The number of benzene rings is 1. The van der Waals surface area contributed by atoms with Gasteiger partial charge in [0.15, 0.2) is 5.13 Å². The van der Waals surface area contributed by atoms with Gasteiger partial charge < -0.3 is 4.90 Å². The van der Waals surface area contributed by atoms with Crippen molar-refractivity contribution in [3.63, 3.8) is 0 Å². The maximum Gasteiger partial charge on any atom is 0.186 e. The second-order valence-electron chi connectivity index (χ2n) is 5.00. The van der Waals surface area contributed by atoms with Crippen molar-refractivity contribution < 1.29 is 0 Å². The van der Waals surface area contributed by atoms with Crippen LogP contribution < -0.4 is 4.90 Å². The summed E-state index contributed by atoms with van der Waals surface area (Å²) in [6.45, 7) is 9.59. The number of aromatic nitrogens is 1. The molecule has 0 aliphatic carbocycles. The number of fused-ring (bicyclic) bond motifs is 1. The van der Waals surface area contributed by atoms with Gasteiger partial charge in [0.1, 0.15) is 0 Å². The highest BCUT2D eigenvalue weighted by molar-refractivity contribution is 7.22. The molecular formula is C15H20N3S. The smallest absolute Gasteiger partial charge is 0.186 e. The van der Waals surface area contributed by atoms with E-state index in [0.29, 0.717) is 0 Å². The topological polar surface area (TPSA) is 19.4 Å². The van der Waals surface area contributed by atoms with Crippen LogP contribution in [-0.2, 0) is 0 Å². The molecule has 0 saturated carbocycles. The van der Waals surface area contributed by atoms with Gasteiger partial charge in [0, 0.05) is 26.2 Å². The Kier molecular flexibility index (Phi) is 3.99. The molecule has 101 valence electrons. The molecule has 0 bridgehead atoms. The van der Waals surface area contributed by atoms with Gasteiger partial charge in [-0.3, -0.25) is 4.90 Å². The number of anilines is 1. The Bertz CT molecular complexity index is 496. The van der Waals surface area contributed by atoms with Gasteiger partial charge in [-0.15, -0.1) is 0 Å². The van der Waals surface area contributed by atoms with Crippen molar-refractivity contribution in [2.24, 2.45) is 0 Å². The van der Waals surface area contributed by atoms with Crippen LogP contribution in [0.1, 0.15) is 12.8 Å². The van der Waals surface area contributed by atoms with Gasteiger partial charge in [-0.05, 0) is 25.1 Å². The molecule has 4 heteroatoms. The summed E-state index contributed by atoms with van der Waals surface area (Å²) in [5.74, 6) is 0. The molecule has 1 aliphatic heterocycles. The molecule has 3 nitrogen and oxygen atoms in total. The number of hydrogen-bond donors (Lipinski definition) is 0. The average Bonchev–Trinajstić information content (AvgIpc) is 2.89. The van der Waals surface area contributed by atoms with Crippen molar-refractivity contribution in [2.45, 2.75) is 12.8 Å². The number of thiazole rings is 1. The van der Waals surface area contributed by atoms with E-state index in [1.807, 2.05) is 11.3 Å². The lowest BCUT2D eigenvalue weighted by Crippen LogP contribution is -2.46. The van der Waals surface area contributed by atoms with Gasteiger partial charge in [0.2, 0.25) is 0 Å². The van der Waals surface area contributed by atoms with Gasteiger partial charge >= 0.3 is 0 Å². The highest BCUT2D eigenvalue weighted by atomic mass is 32.1. The molecule has 0 atom stereocenters. The third-order valence-electron chi connectivity index (χ3n) is 3.65. The number of piperazine rings is 1. The van der Waals surface area contributed by atoms with E-state index >= 15 is 0 Å². The number of para-hydroxylation sites is 1. The van der Waals surface area contributed by atoms with Crippen molar-refractivity contribution in [1.82, 2.24) is 9.88 Å². The molecule has 0 N–H and O–H groups in total. The highest BCUT2D eigenvalue weighted by Crippen LogP contribution is 2.29. The van der Waals surface area contributed by atoms with Crippen LogP contribution in [0.25, 0.3) is 10.2 Å². The summed E-state index contributed by atoms with van der Waals surface area (Å²) in [6, 6.07) is 8.39. The van der Waals surface area contributed by atoms with Crippen molar-refractivity contribution in [1.29, 1.82) is 0 Å². The van der Waals surface area contributed by atoms with Crippen LogP contribution in [0.15, 0.2) is 24.3 Å². The van der Waals surface area contributed by atoms with Gasteiger partial charge in [-0.25, -0.2) is 4.98 Å². The monoisotopic (exact) mass is 274 g/mol. The summed E-state index contributed by atoms with van der Waals surface area (Å²) in [5, 5.41) is 1.18. The molecule has 1 aromatic heterocycles. The minimum Gasteiger partial charge on any atom is -0.345 e. The predicted molar refractivity (Wildman–Crippen MR) is 82.9 cm³/mol. The largest absolute Gasteiger partial charge is 0.345 e. The third-order valence-corrected chi connectivity index (χ3v) is 4.75. The van der Waals surface area contributed by atoms with Gasteiger partial charge in [0.25, 0.3) is 0 Å². The lowest BCUT2D eigenvalue weighted by Gasteiger charge is -2.34. The van der Waals surface area contributed by atoms with E-state index in [-0.39, 0.29) is 0 Å². The minimum absolute atomic E-state index is 1.04. The highest BCUT2D eigenvalue weighted by Gasteiger charge is 2.19. The summed E-state index contributed by atoms with van der Waals surface area (Å²) in [5.41, 5.74) is 1.13. The number of hydrogen-bond acceptors (Lipinski definition) is 4. The first kappa shape index (κ1) is 12.9. The normalized spacial score (nSPS) is 17.2. The van der Waals surface area contributed by atoms with E-state index in [4.69, 9.17) is 4.98 Å². The van der Waals surface area contributed by atoms with E-state index in [9.17, 15) is 0 Å². The Hall–Kier alpha value is -1.13. The molecule has 1 aliphatic rings. The van der Waals surface area contributed by atoms with Crippen LogP contribution in [0.3, 0.4) is 0 Å². The Morgan fingerprint density at radius 1 is 1.16 bits per heavy atom. The molecule has 3 rings (SSSR count). The van der Waals surface area contributed by atoms with E-state index < -0.39 is 0 Å². The average molecular weight is 274 g/mol. The molecule has 1 saturated heterocycles. The molecule has 1 fully saturated rings. The summed E-state index contributed by atoms with van der Waals surface area (Å²) >= 11 is 1.81. The second kappa shape index (κ2) is 5.88. The fourth-order valence-electron chi connectivity index (χ4n) is 2.49. The van der Waals surface area contributed by atoms with E-state index in [0.717, 1.165) is 38.1 Å². The zero-order valence-corrected chi connectivity index (χ0v) is 12.0. The maximum absolute atomic E-state index is 4.74. The lowest BCUT2D eigenvalue weighted by atomic mass is 10.2. The van der Waals surface area contributed by atoms with Gasteiger partial charge in [-0.1, -0.05) is 36.8 Å². The molecule has 0 amide bonds. The van der Waals surface area contributed by atoms with Gasteiger partial charge in [-0.2, -0.15) is 0 Å². The summed E-state index contributed by atoms with van der Waals surface area (Å²) < 4.78 is 1.29. The summed E-state index contributed by atoms with van der Waals surface area (Å²) in [6.07, 6.45) is 2.25. The molecule has 1 aromatic carbocycles. The van der Waals surface area contributed by atoms with Crippen LogP contribution in [-0.4, -0.2) is 42.6 Å². The Morgan fingerprint density at radius 3 is 2.68 bits per heavy atom. The maximum atomic E-state index is 4.74. The van der Waals surface area contributed by atoms with Crippen LogP contribution in [0.5, 0.6) is 0 Å². The van der Waals surface area contributed by atoms with Crippen molar-refractivity contribution in [3.8, 4) is 0 Å². The first-order valence-electron chi connectivity index (χ1n) is 6.99. The Labute approximate surface area is 118 Å². The first-order chi connectivity index (χ1) is 9.36. The summed E-state index contributed by atoms with van der Waals surface area (Å²) in [7, 11) is 0. The number of rotatable bonds is 4. The van der Waals surface area contributed by atoms with E-state index in [2.05, 4.69) is 41.0 Å². The standard InChI is InChI=1S/C15H20N3S/c1-2-3-8-17-9-11-18(12-10-17)15-16-13-6-4-5-7-14(13)19-15/h4-7H,1-3,8-12H2. The fourth-order valence-corrected chi connectivity index (χ4v) is 3.51. The minimum atomic E-state index is 1.04. The Balaban J connectivity index is 1.64. The molecular weight excluding hydrogens is 254 g/mol. The lowest BCUT2D eigenvalue weighted by molar-refractivity contribution is 0.255. The molecule has 1 radical (unpaired) electrons. The van der Waals surface area contributed by atoms with E-state index in [1.54, 1.807) is 0 Å². The van der Waals surface area contributed by atoms with Gasteiger partial charge in [0.05, 0.1) is 10.2 Å². The molecule has 19 heavy (non-hydrogen) atoms. The fraction of sp³-hybridized carbons (Fsp3) is 0.467. The van der Waals surface area contributed by atoms with Crippen molar-refractivity contribution >= 4 is 26.7 Å². The van der Waals surface area contributed by atoms with Crippen LogP contribution in [0.4, 0.5) is 5.13 Å². The van der Waals surface area contributed by atoms with Crippen LogP contribution in [0, 0.1) is 6.92 Å². The van der Waals surface area contributed by atoms with Crippen molar-refractivity contribution in [2.75, 3.05) is 37.6 Å². The quantitative estimate of drug-likeness (QED) is 0.854. The Morgan fingerprint density at radius 2 is 1.95 bits per heavy atom.